The minimum Gasteiger partial charge on any atom is -0.497 e. The van der Waals surface area contributed by atoms with Crippen LogP contribution in [0.5, 0.6) is 5.75 Å². The van der Waals surface area contributed by atoms with Crippen LogP contribution >= 0.6 is 0 Å². The van der Waals surface area contributed by atoms with Crippen LogP contribution in [0.15, 0.2) is 61.2 Å². The molecule has 8 nitrogen and oxygen atoms in total. The largest absolute Gasteiger partial charge is 0.497 e. The Balaban J connectivity index is 2.48. The van der Waals surface area contributed by atoms with Crippen LogP contribution in [0, 0.1) is 12.8 Å². The third kappa shape index (κ3) is 9.25. The summed E-state index contributed by atoms with van der Waals surface area (Å²) in [6.45, 7) is 15.0. The lowest BCUT2D eigenvalue weighted by Crippen LogP contribution is -2.52. The van der Waals surface area contributed by atoms with Crippen LogP contribution < -0.4 is 15.4 Å². The van der Waals surface area contributed by atoms with E-state index in [1.54, 1.807) is 58.2 Å². The fourth-order valence-electron chi connectivity index (χ4n) is 4.00. The highest BCUT2D eigenvalue weighted by Gasteiger charge is 2.36. The molecular formula is C30H41N3O5. The molecule has 206 valence electrons. The quantitative estimate of drug-likeness (QED) is 0.372. The Morgan fingerprint density at radius 2 is 1.74 bits per heavy atom. The summed E-state index contributed by atoms with van der Waals surface area (Å²) in [5.74, 6) is -0.0427. The standard InChI is InChI=1S/C30H41N3O5/c1-9-17-33(28(35)25(18-20(2)3)32-29(36)38-30(5,6)7)26(22-12-10-11-21(4)19-22)27(34)31-23-13-15-24(37-8)16-14-23/h9-16,19-20,25-26H,1,17-18H2,2-8H3,(H,31,34)(H,32,36). The third-order valence-electron chi connectivity index (χ3n) is 5.58. The van der Waals surface area contributed by atoms with Crippen LogP contribution in [-0.4, -0.2) is 48.1 Å². The van der Waals surface area contributed by atoms with Crippen molar-refractivity contribution in [2.45, 2.75) is 65.6 Å². The average molecular weight is 524 g/mol. The maximum absolute atomic E-state index is 14.0. The van der Waals surface area contributed by atoms with Crippen LogP contribution in [0.2, 0.25) is 0 Å². The molecule has 0 saturated carbocycles. The first-order chi connectivity index (χ1) is 17.8. The highest BCUT2D eigenvalue weighted by Crippen LogP contribution is 2.27. The zero-order chi connectivity index (χ0) is 28.5. The van der Waals surface area contributed by atoms with Gasteiger partial charge in [-0.25, -0.2) is 4.79 Å². The molecule has 2 unspecified atom stereocenters. The van der Waals surface area contributed by atoms with Crippen LogP contribution in [-0.2, 0) is 14.3 Å². The first-order valence-corrected chi connectivity index (χ1v) is 12.8. The minimum absolute atomic E-state index is 0.0926. The number of carbonyl (C=O) groups excluding carboxylic acids is 3. The number of hydrogen-bond donors (Lipinski definition) is 2. The van der Waals surface area contributed by atoms with E-state index in [1.165, 1.54) is 4.90 Å². The van der Waals surface area contributed by atoms with Crippen molar-refractivity contribution in [1.29, 1.82) is 0 Å². The van der Waals surface area contributed by atoms with E-state index in [9.17, 15) is 14.4 Å². The molecule has 2 atom stereocenters. The van der Waals surface area contributed by atoms with E-state index in [1.807, 2.05) is 45.0 Å². The molecule has 2 aromatic carbocycles. The lowest BCUT2D eigenvalue weighted by atomic mass is 9.98. The number of aryl methyl sites for hydroxylation is 1. The number of nitrogens with one attached hydrogen (secondary N) is 2. The van der Waals surface area contributed by atoms with Crippen molar-refractivity contribution in [2.75, 3.05) is 19.0 Å². The van der Waals surface area contributed by atoms with E-state index in [0.29, 0.717) is 23.4 Å². The zero-order valence-corrected chi connectivity index (χ0v) is 23.5. The lowest BCUT2D eigenvalue weighted by Gasteiger charge is -2.34. The highest BCUT2D eigenvalue weighted by molar-refractivity contribution is 5.99. The predicted octanol–water partition coefficient (Wildman–Crippen LogP) is 5.64. The van der Waals surface area contributed by atoms with E-state index < -0.39 is 35.6 Å². The van der Waals surface area contributed by atoms with Gasteiger partial charge in [-0.05, 0) is 69.9 Å². The molecule has 0 saturated heterocycles. The number of alkyl carbamates (subject to hydrolysis) is 1. The molecule has 0 spiro atoms. The van der Waals surface area contributed by atoms with E-state index in [4.69, 9.17) is 9.47 Å². The van der Waals surface area contributed by atoms with E-state index in [2.05, 4.69) is 17.2 Å². The Hall–Kier alpha value is -3.81. The van der Waals surface area contributed by atoms with Crippen LogP contribution in [0.3, 0.4) is 0 Å². The van der Waals surface area contributed by atoms with E-state index >= 15 is 0 Å². The number of anilines is 1. The fourth-order valence-corrected chi connectivity index (χ4v) is 4.00. The van der Waals surface area contributed by atoms with Crippen LogP contribution in [0.4, 0.5) is 10.5 Å². The predicted molar refractivity (Wildman–Crippen MR) is 150 cm³/mol. The lowest BCUT2D eigenvalue weighted by molar-refractivity contribution is -0.140. The summed E-state index contributed by atoms with van der Waals surface area (Å²) in [7, 11) is 1.57. The summed E-state index contributed by atoms with van der Waals surface area (Å²) in [6.07, 6.45) is 1.25. The van der Waals surface area contributed by atoms with Gasteiger partial charge >= 0.3 is 6.09 Å². The summed E-state index contributed by atoms with van der Waals surface area (Å²) in [6, 6.07) is 12.5. The molecular weight excluding hydrogens is 482 g/mol. The van der Waals surface area contributed by atoms with E-state index in [0.717, 1.165) is 5.56 Å². The molecule has 38 heavy (non-hydrogen) atoms. The maximum atomic E-state index is 14.0. The van der Waals surface area contributed by atoms with E-state index in [-0.39, 0.29) is 12.5 Å². The molecule has 0 fully saturated rings. The van der Waals surface area contributed by atoms with Gasteiger partial charge in [0, 0.05) is 12.2 Å². The SMILES string of the molecule is C=CCN(C(=O)C(CC(C)C)NC(=O)OC(C)(C)C)C(C(=O)Nc1ccc(OC)cc1)c1cccc(C)c1. The Morgan fingerprint density at radius 3 is 2.26 bits per heavy atom. The summed E-state index contributed by atoms with van der Waals surface area (Å²) in [5, 5.41) is 5.65. The molecule has 0 aliphatic heterocycles. The van der Waals surface area contributed by atoms with Crippen molar-refractivity contribution in [3.05, 3.63) is 72.3 Å². The van der Waals surface area contributed by atoms with Gasteiger partial charge in [0.1, 0.15) is 23.4 Å². The van der Waals surface area contributed by atoms with Gasteiger partial charge in [-0.3, -0.25) is 9.59 Å². The number of methoxy groups -OCH3 is 1. The van der Waals surface area contributed by atoms with Crippen molar-refractivity contribution in [3.63, 3.8) is 0 Å². The minimum atomic E-state index is -0.974. The molecule has 2 rings (SSSR count). The summed E-state index contributed by atoms with van der Waals surface area (Å²) in [5.41, 5.74) is 1.43. The zero-order valence-electron chi connectivity index (χ0n) is 23.5. The number of carbonyl (C=O) groups is 3. The normalized spacial score (nSPS) is 12.7. The first-order valence-electron chi connectivity index (χ1n) is 12.8. The summed E-state index contributed by atoms with van der Waals surface area (Å²) < 4.78 is 10.6. The second kappa shape index (κ2) is 13.7. The number of amides is 3. The van der Waals surface area contributed by atoms with Crippen LogP contribution in [0.1, 0.15) is 58.2 Å². The van der Waals surface area contributed by atoms with Crippen molar-refractivity contribution >= 4 is 23.6 Å². The van der Waals surface area contributed by atoms with Crippen molar-refractivity contribution in [1.82, 2.24) is 10.2 Å². The van der Waals surface area contributed by atoms with Gasteiger partial charge in [0.05, 0.1) is 7.11 Å². The molecule has 0 heterocycles. The molecule has 0 aromatic heterocycles. The van der Waals surface area contributed by atoms with Crippen molar-refractivity contribution < 1.29 is 23.9 Å². The number of hydrogen-bond acceptors (Lipinski definition) is 5. The molecule has 0 aliphatic carbocycles. The Labute approximate surface area is 226 Å². The molecule has 2 aromatic rings. The topological polar surface area (TPSA) is 97.0 Å². The van der Waals surface area contributed by atoms with Gasteiger partial charge in [-0.1, -0.05) is 49.8 Å². The Morgan fingerprint density at radius 1 is 1.08 bits per heavy atom. The fraction of sp³-hybridized carbons (Fsp3) is 0.433. The molecule has 8 heteroatoms. The average Bonchev–Trinajstić information content (AvgIpc) is 2.82. The van der Waals surface area contributed by atoms with Gasteiger partial charge in [-0.15, -0.1) is 6.58 Å². The molecule has 2 N–H and O–H groups in total. The van der Waals surface area contributed by atoms with Gasteiger partial charge in [0.15, 0.2) is 0 Å². The Bertz CT molecular complexity index is 1110. The Kier molecular flexibility index (Phi) is 10.9. The number of rotatable bonds is 11. The van der Waals surface area contributed by atoms with Gasteiger partial charge in [-0.2, -0.15) is 0 Å². The van der Waals surface area contributed by atoms with Gasteiger partial charge in [0.25, 0.3) is 5.91 Å². The molecule has 0 aliphatic rings. The van der Waals surface area contributed by atoms with Crippen molar-refractivity contribution in [3.8, 4) is 5.75 Å². The van der Waals surface area contributed by atoms with Gasteiger partial charge < -0.3 is 25.0 Å². The van der Waals surface area contributed by atoms with Gasteiger partial charge in [0.2, 0.25) is 5.91 Å². The maximum Gasteiger partial charge on any atom is 0.408 e. The molecule has 3 amide bonds. The highest BCUT2D eigenvalue weighted by atomic mass is 16.6. The second-order valence-corrected chi connectivity index (χ2v) is 10.6. The third-order valence-corrected chi connectivity index (χ3v) is 5.58. The monoisotopic (exact) mass is 523 g/mol. The van der Waals surface area contributed by atoms with Crippen LogP contribution in [0.25, 0.3) is 0 Å². The number of benzene rings is 2. The molecule has 0 radical (unpaired) electrons. The second-order valence-electron chi connectivity index (χ2n) is 10.6. The number of ether oxygens (including phenoxy) is 2. The summed E-state index contributed by atoms with van der Waals surface area (Å²) in [4.78, 5) is 41.9. The summed E-state index contributed by atoms with van der Waals surface area (Å²) >= 11 is 0. The number of nitrogens with zero attached hydrogens (tertiary/aromatic N) is 1. The molecule has 0 bridgehead atoms. The first kappa shape index (κ1) is 30.4. The smallest absolute Gasteiger partial charge is 0.408 e. The van der Waals surface area contributed by atoms with Crippen molar-refractivity contribution in [2.24, 2.45) is 5.92 Å².